The molecule has 0 spiro atoms. The predicted molar refractivity (Wildman–Crippen MR) is 71.1 cm³/mol. The van der Waals surface area contributed by atoms with E-state index >= 15 is 0 Å². The third-order valence-corrected chi connectivity index (χ3v) is 3.90. The first-order chi connectivity index (χ1) is 6.77. The zero-order valence-corrected chi connectivity index (χ0v) is 11.0. The van der Waals surface area contributed by atoms with E-state index in [4.69, 9.17) is 5.84 Å². The second kappa shape index (κ2) is 6.55. The molecule has 0 saturated carbocycles. The minimum absolute atomic E-state index is 0.287. The van der Waals surface area contributed by atoms with Crippen LogP contribution in [0.5, 0.6) is 0 Å². The van der Waals surface area contributed by atoms with Crippen molar-refractivity contribution in [3.63, 3.8) is 0 Å². The predicted octanol–water partition coefficient (Wildman–Crippen LogP) is 3.21. The van der Waals surface area contributed by atoms with E-state index in [1.165, 1.54) is 8.45 Å². The van der Waals surface area contributed by atoms with Gasteiger partial charge in [0.15, 0.2) is 0 Å². The van der Waals surface area contributed by atoms with Gasteiger partial charge in [-0.3, -0.25) is 11.3 Å². The molecule has 0 aliphatic heterocycles. The van der Waals surface area contributed by atoms with E-state index in [0.717, 1.165) is 19.3 Å². The highest BCUT2D eigenvalue weighted by molar-refractivity contribution is 14.1. The molecule has 0 aliphatic rings. The van der Waals surface area contributed by atoms with Crippen LogP contribution in [0.2, 0.25) is 0 Å². The maximum absolute atomic E-state index is 5.52. The fraction of sp³-hybridized carbons (Fsp3) is 0.400. The summed E-state index contributed by atoms with van der Waals surface area (Å²) in [4.78, 5) is 0. The first-order valence-electron chi connectivity index (χ1n) is 4.59. The van der Waals surface area contributed by atoms with E-state index in [2.05, 4.69) is 46.0 Å². The Morgan fingerprint density at radius 2 is 2.50 bits per heavy atom. The van der Waals surface area contributed by atoms with E-state index in [1.54, 1.807) is 11.3 Å². The molecule has 1 atom stereocenters. The number of thiophene rings is 1. The average molecular weight is 322 g/mol. The Morgan fingerprint density at radius 3 is 3.00 bits per heavy atom. The summed E-state index contributed by atoms with van der Waals surface area (Å²) in [6.07, 6.45) is 5.20. The lowest BCUT2D eigenvalue weighted by molar-refractivity contribution is 0.502. The maximum atomic E-state index is 5.52. The Balaban J connectivity index is 2.49. The lowest BCUT2D eigenvalue weighted by Gasteiger charge is -2.13. The van der Waals surface area contributed by atoms with Crippen LogP contribution in [0.1, 0.15) is 30.9 Å². The number of nitrogens with one attached hydrogen (secondary N) is 1. The van der Waals surface area contributed by atoms with E-state index in [1.807, 2.05) is 6.08 Å². The number of unbranched alkanes of at least 4 members (excludes halogenated alkanes) is 1. The summed E-state index contributed by atoms with van der Waals surface area (Å²) in [5.74, 6) is 5.52. The molecule has 4 heteroatoms. The normalized spacial score (nSPS) is 12.7. The van der Waals surface area contributed by atoms with Gasteiger partial charge in [-0.2, -0.15) is 0 Å². The molecular weight excluding hydrogens is 307 g/mol. The van der Waals surface area contributed by atoms with E-state index in [-0.39, 0.29) is 6.04 Å². The van der Waals surface area contributed by atoms with Crippen LogP contribution in [-0.4, -0.2) is 0 Å². The third-order valence-electron chi connectivity index (χ3n) is 2.09. The van der Waals surface area contributed by atoms with Crippen molar-refractivity contribution < 1.29 is 0 Å². The smallest absolute Gasteiger partial charge is 0.0656 e. The largest absolute Gasteiger partial charge is 0.271 e. The van der Waals surface area contributed by atoms with Gasteiger partial charge in [-0.15, -0.1) is 17.9 Å². The third kappa shape index (κ3) is 3.68. The molecule has 1 rings (SSSR count). The summed E-state index contributed by atoms with van der Waals surface area (Å²) >= 11 is 4.09. The Bertz CT molecular complexity index is 285. The number of allylic oxidation sites excluding steroid dienone is 1. The van der Waals surface area contributed by atoms with Crippen LogP contribution in [0.4, 0.5) is 0 Å². The Labute approximate surface area is 103 Å². The summed E-state index contributed by atoms with van der Waals surface area (Å²) in [5.41, 5.74) is 4.16. The number of hydrogen-bond acceptors (Lipinski definition) is 3. The summed E-state index contributed by atoms with van der Waals surface area (Å²) < 4.78 is 1.31. The SMILES string of the molecule is C=CCCCC(NN)c1csc(I)c1. The van der Waals surface area contributed by atoms with Crippen molar-refractivity contribution in [3.05, 3.63) is 32.5 Å². The van der Waals surface area contributed by atoms with Crippen LogP contribution in [0.25, 0.3) is 0 Å². The highest BCUT2D eigenvalue weighted by Crippen LogP contribution is 2.25. The van der Waals surface area contributed by atoms with Crippen molar-refractivity contribution >= 4 is 33.9 Å². The Morgan fingerprint density at radius 1 is 1.71 bits per heavy atom. The molecule has 3 N–H and O–H groups in total. The van der Waals surface area contributed by atoms with Crippen molar-refractivity contribution in [3.8, 4) is 0 Å². The first-order valence-corrected chi connectivity index (χ1v) is 6.54. The molecule has 2 nitrogen and oxygen atoms in total. The molecule has 0 aliphatic carbocycles. The van der Waals surface area contributed by atoms with Crippen LogP contribution >= 0.6 is 33.9 Å². The standard InChI is InChI=1S/C10H15IN2S/c1-2-3-4-5-9(13-12)8-6-10(11)14-7-8/h2,6-7,9,13H,1,3-5,12H2. The van der Waals surface area contributed by atoms with Crippen LogP contribution in [0.3, 0.4) is 0 Å². The Kier molecular flexibility index (Phi) is 5.69. The maximum Gasteiger partial charge on any atom is 0.0656 e. The molecule has 1 unspecified atom stereocenters. The molecule has 1 aromatic heterocycles. The average Bonchev–Trinajstić information content (AvgIpc) is 2.60. The molecule has 0 fully saturated rings. The molecule has 0 bridgehead atoms. The molecule has 0 radical (unpaired) electrons. The van der Waals surface area contributed by atoms with Gasteiger partial charge in [0, 0.05) is 6.04 Å². The fourth-order valence-corrected chi connectivity index (χ4v) is 2.74. The summed E-state index contributed by atoms with van der Waals surface area (Å²) in [5, 5.41) is 2.17. The molecular formula is C10H15IN2S. The number of hydrogen-bond donors (Lipinski definition) is 2. The highest BCUT2D eigenvalue weighted by Gasteiger charge is 2.10. The molecule has 0 aromatic carbocycles. The summed E-state index contributed by atoms with van der Waals surface area (Å²) in [7, 11) is 0. The molecule has 0 amide bonds. The van der Waals surface area contributed by atoms with Gasteiger partial charge in [0.25, 0.3) is 0 Å². The minimum atomic E-state index is 0.287. The van der Waals surface area contributed by atoms with Crippen molar-refractivity contribution in [1.29, 1.82) is 0 Å². The highest BCUT2D eigenvalue weighted by atomic mass is 127. The van der Waals surface area contributed by atoms with Crippen LogP contribution in [-0.2, 0) is 0 Å². The Hall–Kier alpha value is 0.0900. The minimum Gasteiger partial charge on any atom is -0.271 e. The first kappa shape index (κ1) is 12.2. The van der Waals surface area contributed by atoms with Crippen molar-refractivity contribution in [2.24, 2.45) is 5.84 Å². The topological polar surface area (TPSA) is 38.0 Å². The van der Waals surface area contributed by atoms with Gasteiger partial charge in [0.05, 0.1) is 2.88 Å². The van der Waals surface area contributed by atoms with Crippen molar-refractivity contribution in [2.75, 3.05) is 0 Å². The molecule has 1 heterocycles. The van der Waals surface area contributed by atoms with E-state index in [0.29, 0.717) is 0 Å². The lowest BCUT2D eigenvalue weighted by Crippen LogP contribution is -2.27. The molecule has 0 saturated heterocycles. The molecule has 14 heavy (non-hydrogen) atoms. The van der Waals surface area contributed by atoms with Gasteiger partial charge >= 0.3 is 0 Å². The van der Waals surface area contributed by atoms with Crippen LogP contribution < -0.4 is 11.3 Å². The van der Waals surface area contributed by atoms with E-state index < -0.39 is 0 Å². The number of nitrogens with two attached hydrogens (primary N) is 1. The van der Waals surface area contributed by atoms with Gasteiger partial charge < -0.3 is 0 Å². The monoisotopic (exact) mass is 322 g/mol. The molecule has 78 valence electrons. The lowest BCUT2D eigenvalue weighted by atomic mass is 10.0. The molecule has 1 aromatic rings. The summed E-state index contributed by atoms with van der Waals surface area (Å²) in [6.45, 7) is 3.71. The second-order valence-electron chi connectivity index (χ2n) is 3.12. The fourth-order valence-electron chi connectivity index (χ4n) is 1.32. The van der Waals surface area contributed by atoms with Gasteiger partial charge in [0.2, 0.25) is 0 Å². The van der Waals surface area contributed by atoms with Crippen LogP contribution in [0, 0.1) is 2.88 Å². The zero-order chi connectivity index (χ0) is 10.4. The number of hydrazine groups is 1. The van der Waals surface area contributed by atoms with Gasteiger partial charge in [-0.25, -0.2) is 0 Å². The zero-order valence-electron chi connectivity index (χ0n) is 8.00. The number of rotatable bonds is 6. The van der Waals surface area contributed by atoms with Gasteiger partial charge in [0.1, 0.15) is 0 Å². The van der Waals surface area contributed by atoms with Gasteiger partial charge in [-0.1, -0.05) is 6.08 Å². The summed E-state index contributed by atoms with van der Waals surface area (Å²) in [6, 6.07) is 2.47. The van der Waals surface area contributed by atoms with Crippen molar-refractivity contribution in [2.45, 2.75) is 25.3 Å². The number of halogens is 1. The second-order valence-corrected chi connectivity index (χ2v) is 5.93. The van der Waals surface area contributed by atoms with Crippen molar-refractivity contribution in [1.82, 2.24) is 5.43 Å². The van der Waals surface area contributed by atoms with E-state index in [9.17, 15) is 0 Å². The van der Waals surface area contributed by atoms with Gasteiger partial charge in [-0.05, 0) is 58.9 Å². The quantitative estimate of drug-likeness (QED) is 0.277. The van der Waals surface area contributed by atoms with Crippen LogP contribution in [0.15, 0.2) is 24.1 Å².